The summed E-state index contributed by atoms with van der Waals surface area (Å²) >= 11 is 0. The van der Waals surface area contributed by atoms with Crippen molar-refractivity contribution in [1.29, 1.82) is 0 Å². The minimum atomic E-state index is -0.573. The molecule has 0 atom stereocenters. The van der Waals surface area contributed by atoms with E-state index in [1.807, 2.05) is 0 Å². The van der Waals surface area contributed by atoms with Gasteiger partial charge in [0, 0.05) is 24.6 Å². The van der Waals surface area contributed by atoms with E-state index in [0.717, 1.165) is 25.3 Å². The predicted octanol–water partition coefficient (Wildman–Crippen LogP) is 2.06. The Morgan fingerprint density at radius 2 is 1.65 bits per heavy atom. The van der Waals surface area contributed by atoms with Gasteiger partial charge >= 0.3 is 0 Å². The summed E-state index contributed by atoms with van der Waals surface area (Å²) in [5.41, 5.74) is -0.573. The Bertz CT molecular complexity index is 333. The van der Waals surface area contributed by atoms with Gasteiger partial charge in [-0.1, -0.05) is 20.8 Å². The Morgan fingerprint density at radius 1 is 1.12 bits per heavy atom. The van der Waals surface area contributed by atoms with Crippen LogP contribution in [0, 0.1) is 5.41 Å². The predicted molar refractivity (Wildman–Crippen MR) is 65.6 cm³/mol. The van der Waals surface area contributed by atoms with Crippen LogP contribution in [0.3, 0.4) is 0 Å². The summed E-state index contributed by atoms with van der Waals surface area (Å²) in [7, 11) is 0. The van der Waals surface area contributed by atoms with Crippen molar-refractivity contribution in [2.24, 2.45) is 5.41 Å². The molecule has 1 amide bonds. The lowest BCUT2D eigenvalue weighted by Gasteiger charge is -2.26. The van der Waals surface area contributed by atoms with Crippen molar-refractivity contribution in [3.05, 3.63) is 11.8 Å². The molecule has 0 radical (unpaired) electrons. The fraction of sp³-hybridized carbons (Fsp3) is 0.692. The molecule has 0 aromatic rings. The number of carbonyl (C=O) groups is 2. The van der Waals surface area contributed by atoms with E-state index in [2.05, 4.69) is 0 Å². The number of hydrogen-bond acceptors (Lipinski definition) is 3. The third-order valence-corrected chi connectivity index (χ3v) is 2.87. The van der Waals surface area contributed by atoms with Crippen LogP contribution in [0.5, 0.6) is 0 Å². The molecule has 0 unspecified atom stereocenters. The zero-order valence-corrected chi connectivity index (χ0v) is 10.8. The largest absolute Gasteiger partial charge is 0.503 e. The Kier molecular flexibility index (Phi) is 4.32. The number of likely N-dealkylation sites (tertiary alicyclic amines) is 1. The minimum absolute atomic E-state index is 0.236. The van der Waals surface area contributed by atoms with Gasteiger partial charge in [-0.15, -0.1) is 0 Å². The lowest BCUT2D eigenvalue weighted by molar-refractivity contribution is -0.131. The molecule has 0 aliphatic carbocycles. The number of carbonyl (C=O) groups excluding carboxylic acids is 2. The maximum atomic E-state index is 11.8. The van der Waals surface area contributed by atoms with Crippen LogP contribution in [-0.4, -0.2) is 34.8 Å². The number of allylic oxidation sites excluding steroid dienone is 1. The van der Waals surface area contributed by atoms with Crippen molar-refractivity contribution in [3.63, 3.8) is 0 Å². The molecule has 1 aliphatic heterocycles. The highest BCUT2D eigenvalue weighted by molar-refractivity contribution is 6.02. The number of rotatable bonds is 2. The average Bonchev–Trinajstić information content (AvgIpc) is 2.27. The number of nitrogens with zero attached hydrogens (tertiary/aromatic N) is 1. The monoisotopic (exact) mass is 239 g/mol. The van der Waals surface area contributed by atoms with Gasteiger partial charge in [0.25, 0.3) is 5.91 Å². The number of piperidine rings is 1. The summed E-state index contributed by atoms with van der Waals surface area (Å²) in [6.45, 7) is 6.60. The van der Waals surface area contributed by atoms with Crippen molar-refractivity contribution >= 4 is 11.7 Å². The molecule has 0 spiro atoms. The second-order valence-corrected chi connectivity index (χ2v) is 5.50. The lowest BCUT2D eigenvalue weighted by atomic mass is 9.90. The molecular weight excluding hydrogens is 218 g/mol. The Hall–Kier alpha value is -1.32. The number of amides is 1. The molecule has 96 valence electrons. The molecule has 0 bridgehead atoms. The summed E-state index contributed by atoms with van der Waals surface area (Å²) < 4.78 is 0. The number of ketones is 1. The third-order valence-electron chi connectivity index (χ3n) is 2.87. The van der Waals surface area contributed by atoms with E-state index < -0.39 is 17.1 Å². The van der Waals surface area contributed by atoms with Gasteiger partial charge in [-0.2, -0.15) is 0 Å². The molecule has 1 fully saturated rings. The maximum absolute atomic E-state index is 11.8. The van der Waals surface area contributed by atoms with E-state index in [1.165, 1.54) is 0 Å². The van der Waals surface area contributed by atoms with Crippen LogP contribution < -0.4 is 0 Å². The van der Waals surface area contributed by atoms with Crippen LogP contribution >= 0.6 is 0 Å². The maximum Gasteiger partial charge on any atom is 0.288 e. The zero-order valence-electron chi connectivity index (χ0n) is 10.8. The molecule has 17 heavy (non-hydrogen) atoms. The first-order valence-corrected chi connectivity index (χ1v) is 6.07. The molecule has 1 aliphatic rings. The molecule has 1 heterocycles. The van der Waals surface area contributed by atoms with Crippen LogP contribution in [0.15, 0.2) is 11.8 Å². The fourth-order valence-corrected chi connectivity index (χ4v) is 1.66. The molecule has 0 saturated carbocycles. The summed E-state index contributed by atoms with van der Waals surface area (Å²) in [6.07, 6.45) is 4.10. The Labute approximate surface area is 102 Å². The standard InChI is InChI=1S/C13H21NO3/c1-13(2,3)11(16)9-10(15)12(17)14-7-5-4-6-8-14/h9,15H,4-8H2,1-3H3/b10-9-. The van der Waals surface area contributed by atoms with Gasteiger partial charge in [0.15, 0.2) is 11.5 Å². The van der Waals surface area contributed by atoms with Crippen LogP contribution in [0.1, 0.15) is 40.0 Å². The fourth-order valence-electron chi connectivity index (χ4n) is 1.66. The van der Waals surface area contributed by atoms with Crippen LogP contribution in [0.25, 0.3) is 0 Å². The number of aliphatic hydroxyl groups is 1. The smallest absolute Gasteiger partial charge is 0.288 e. The van der Waals surface area contributed by atoms with Gasteiger partial charge in [0.2, 0.25) is 0 Å². The zero-order chi connectivity index (χ0) is 13.1. The van der Waals surface area contributed by atoms with E-state index in [-0.39, 0.29) is 5.78 Å². The van der Waals surface area contributed by atoms with Gasteiger partial charge < -0.3 is 10.0 Å². The highest BCUT2D eigenvalue weighted by Crippen LogP contribution is 2.17. The summed E-state index contributed by atoms with van der Waals surface area (Å²) in [5, 5.41) is 9.65. The van der Waals surface area contributed by atoms with E-state index in [9.17, 15) is 14.7 Å². The van der Waals surface area contributed by atoms with Gasteiger partial charge in [-0.25, -0.2) is 0 Å². The Morgan fingerprint density at radius 3 is 2.12 bits per heavy atom. The summed E-state index contributed by atoms with van der Waals surface area (Å²) in [5.74, 6) is -1.10. The van der Waals surface area contributed by atoms with Crippen LogP contribution in [0.2, 0.25) is 0 Å². The average molecular weight is 239 g/mol. The van der Waals surface area contributed by atoms with Gasteiger partial charge in [0.1, 0.15) is 0 Å². The van der Waals surface area contributed by atoms with Crippen molar-refractivity contribution in [1.82, 2.24) is 4.90 Å². The van der Waals surface area contributed by atoms with Gasteiger partial charge in [-0.05, 0) is 19.3 Å². The topological polar surface area (TPSA) is 57.6 Å². The van der Waals surface area contributed by atoms with E-state index in [1.54, 1.807) is 25.7 Å². The second kappa shape index (κ2) is 5.34. The third kappa shape index (κ3) is 3.88. The molecule has 1 rings (SSSR count). The molecule has 4 heteroatoms. The van der Waals surface area contributed by atoms with E-state index in [4.69, 9.17) is 0 Å². The first kappa shape index (κ1) is 13.7. The van der Waals surface area contributed by atoms with Crippen molar-refractivity contribution in [2.75, 3.05) is 13.1 Å². The SMILES string of the molecule is CC(C)(C)C(=O)/C=C(\O)C(=O)N1CCCCC1. The second-order valence-electron chi connectivity index (χ2n) is 5.50. The quantitative estimate of drug-likeness (QED) is 0.592. The summed E-state index contributed by atoms with van der Waals surface area (Å²) in [4.78, 5) is 25.1. The van der Waals surface area contributed by atoms with Crippen molar-refractivity contribution in [3.8, 4) is 0 Å². The Balaban J connectivity index is 2.68. The molecule has 1 N–H and O–H groups in total. The molecule has 0 aromatic heterocycles. The molecule has 1 saturated heterocycles. The normalized spacial score (nSPS) is 18.1. The van der Waals surface area contributed by atoms with Crippen molar-refractivity contribution < 1.29 is 14.7 Å². The molecule has 0 aromatic carbocycles. The van der Waals surface area contributed by atoms with Crippen LogP contribution in [-0.2, 0) is 9.59 Å². The highest BCUT2D eigenvalue weighted by atomic mass is 16.3. The first-order valence-electron chi connectivity index (χ1n) is 6.07. The van der Waals surface area contributed by atoms with Gasteiger partial charge in [0.05, 0.1) is 0 Å². The number of aliphatic hydroxyl groups excluding tert-OH is 1. The highest BCUT2D eigenvalue weighted by Gasteiger charge is 2.24. The first-order chi connectivity index (χ1) is 7.82. The minimum Gasteiger partial charge on any atom is -0.503 e. The number of hydrogen-bond donors (Lipinski definition) is 1. The molecular formula is C13H21NO3. The van der Waals surface area contributed by atoms with E-state index in [0.29, 0.717) is 13.1 Å². The van der Waals surface area contributed by atoms with Crippen LogP contribution in [0.4, 0.5) is 0 Å². The lowest BCUT2D eigenvalue weighted by Crippen LogP contribution is -2.37. The summed E-state index contributed by atoms with van der Waals surface area (Å²) in [6, 6.07) is 0. The van der Waals surface area contributed by atoms with Gasteiger partial charge in [-0.3, -0.25) is 9.59 Å². The molecule has 4 nitrogen and oxygen atoms in total. The van der Waals surface area contributed by atoms with Crippen molar-refractivity contribution in [2.45, 2.75) is 40.0 Å². The van der Waals surface area contributed by atoms with E-state index >= 15 is 0 Å².